The lowest BCUT2D eigenvalue weighted by Gasteiger charge is -2.31. The van der Waals surface area contributed by atoms with E-state index in [1.54, 1.807) is 4.90 Å². The van der Waals surface area contributed by atoms with Crippen LogP contribution in [0, 0.1) is 0 Å². The first kappa shape index (κ1) is 28.5. The van der Waals surface area contributed by atoms with Gasteiger partial charge in [0.15, 0.2) is 0 Å². The fourth-order valence-electron chi connectivity index (χ4n) is 2.66. The van der Waals surface area contributed by atoms with Crippen molar-refractivity contribution >= 4 is 36.6 Å². The Bertz CT molecular complexity index is 433. The van der Waals surface area contributed by atoms with Crippen LogP contribution in [-0.2, 0) is 14.3 Å². The van der Waals surface area contributed by atoms with Crippen LogP contribution in [-0.4, -0.2) is 101 Å². The largest absolute Gasteiger partial charge is 0.388 e. The molecular formula is C16H33Cl2N3O6. The molecule has 1 aliphatic heterocycles. The Morgan fingerprint density at radius 3 is 2.26 bits per heavy atom. The number of nitrogens with zero attached hydrogens (tertiary/aromatic N) is 2. The molecule has 0 aliphatic carbocycles. The summed E-state index contributed by atoms with van der Waals surface area (Å²) in [7, 11) is 0. The Hall–Kier alpha value is -0.680. The second-order valence-electron chi connectivity index (χ2n) is 6.29. The number of amides is 2. The van der Waals surface area contributed by atoms with Gasteiger partial charge in [0, 0.05) is 52.7 Å². The number of hydrogen-bond donors (Lipinski definition) is 4. The van der Waals surface area contributed by atoms with Crippen LogP contribution in [0.4, 0.5) is 0 Å². The second-order valence-corrected chi connectivity index (χ2v) is 6.29. The molecule has 0 aromatic rings. The summed E-state index contributed by atoms with van der Waals surface area (Å²) < 4.78 is 5.30. The maximum atomic E-state index is 12.2. The molecule has 0 aromatic heterocycles. The number of aliphatic hydroxyl groups excluding tert-OH is 3. The zero-order valence-corrected chi connectivity index (χ0v) is 17.3. The van der Waals surface area contributed by atoms with Crippen LogP contribution in [0.25, 0.3) is 0 Å². The predicted molar refractivity (Wildman–Crippen MR) is 105 cm³/mol. The van der Waals surface area contributed by atoms with Crippen molar-refractivity contribution in [3.8, 4) is 0 Å². The third-order valence-electron chi connectivity index (χ3n) is 4.25. The quantitative estimate of drug-likeness (QED) is 0.426. The minimum absolute atomic E-state index is 0. The maximum Gasteiger partial charge on any atom is 0.223 e. The summed E-state index contributed by atoms with van der Waals surface area (Å²) in [6.07, 6.45) is -2.30. The van der Waals surface area contributed by atoms with E-state index in [4.69, 9.17) is 10.5 Å². The molecule has 1 saturated heterocycles. The van der Waals surface area contributed by atoms with Crippen molar-refractivity contribution < 1.29 is 29.6 Å². The number of β-amino-alcohol motifs (C(OH)–C–C–N with tert-alkyl or cyclic N) is 1. The Labute approximate surface area is 172 Å². The number of carbonyl (C=O) groups is 2. The van der Waals surface area contributed by atoms with Crippen molar-refractivity contribution in [2.24, 2.45) is 5.73 Å². The van der Waals surface area contributed by atoms with Gasteiger partial charge in [-0.1, -0.05) is 0 Å². The predicted octanol–water partition coefficient (Wildman–Crippen LogP) is -1.25. The molecule has 1 aliphatic rings. The standard InChI is InChI=1S/C16H31N3O6.2ClH/c1-12(20)19-8-7-18(15(23)4-5-17)6-2-3-9-25-11-14(22)16(24)13(21)10-19;;/h13-14,16,21-22,24H,2-11,17H2,1H3;2*1H/t13-,14+,16+;;/m0../s1. The highest BCUT2D eigenvalue weighted by Crippen LogP contribution is 2.08. The average molecular weight is 434 g/mol. The van der Waals surface area contributed by atoms with E-state index in [2.05, 4.69) is 0 Å². The van der Waals surface area contributed by atoms with E-state index in [-0.39, 0.29) is 69.3 Å². The zero-order chi connectivity index (χ0) is 18.8. The highest BCUT2D eigenvalue weighted by molar-refractivity contribution is 5.85. The topological polar surface area (TPSA) is 137 Å². The van der Waals surface area contributed by atoms with Crippen LogP contribution in [0.3, 0.4) is 0 Å². The number of ether oxygens (including phenoxy) is 1. The molecule has 1 fully saturated rings. The van der Waals surface area contributed by atoms with E-state index in [1.165, 1.54) is 11.8 Å². The van der Waals surface area contributed by atoms with Gasteiger partial charge in [-0.2, -0.15) is 0 Å². The van der Waals surface area contributed by atoms with Crippen molar-refractivity contribution in [2.75, 3.05) is 45.9 Å². The third-order valence-corrected chi connectivity index (χ3v) is 4.25. The van der Waals surface area contributed by atoms with E-state index < -0.39 is 18.3 Å². The molecule has 0 radical (unpaired) electrons. The van der Waals surface area contributed by atoms with Crippen molar-refractivity contribution in [3.63, 3.8) is 0 Å². The van der Waals surface area contributed by atoms with Gasteiger partial charge in [0.25, 0.3) is 0 Å². The van der Waals surface area contributed by atoms with E-state index in [0.29, 0.717) is 26.1 Å². The molecule has 0 aromatic carbocycles. The van der Waals surface area contributed by atoms with Gasteiger partial charge < -0.3 is 35.6 Å². The molecule has 1 rings (SSSR count). The molecule has 1 heterocycles. The molecule has 11 heteroatoms. The second kappa shape index (κ2) is 15.3. The normalized spacial score (nSPS) is 25.6. The van der Waals surface area contributed by atoms with Crippen molar-refractivity contribution in [1.29, 1.82) is 0 Å². The van der Waals surface area contributed by atoms with Crippen LogP contribution in [0.1, 0.15) is 26.2 Å². The van der Waals surface area contributed by atoms with E-state index in [1.807, 2.05) is 0 Å². The Kier molecular flexibility index (Phi) is 16.1. The minimum atomic E-state index is -1.42. The van der Waals surface area contributed by atoms with E-state index in [0.717, 1.165) is 6.42 Å². The monoisotopic (exact) mass is 433 g/mol. The highest BCUT2D eigenvalue weighted by Gasteiger charge is 2.28. The fourth-order valence-corrected chi connectivity index (χ4v) is 2.66. The van der Waals surface area contributed by atoms with E-state index >= 15 is 0 Å². The van der Waals surface area contributed by atoms with Crippen LogP contribution in [0.5, 0.6) is 0 Å². The molecule has 0 spiro atoms. The lowest BCUT2D eigenvalue weighted by Crippen LogP contribution is -2.49. The van der Waals surface area contributed by atoms with Gasteiger partial charge in [0.05, 0.1) is 6.61 Å². The lowest BCUT2D eigenvalue weighted by atomic mass is 10.1. The summed E-state index contributed by atoms with van der Waals surface area (Å²) in [5.74, 6) is -0.356. The van der Waals surface area contributed by atoms with Crippen molar-refractivity contribution in [2.45, 2.75) is 44.5 Å². The zero-order valence-electron chi connectivity index (χ0n) is 15.7. The first-order valence-electron chi connectivity index (χ1n) is 8.72. The van der Waals surface area contributed by atoms with Gasteiger partial charge in [-0.3, -0.25) is 9.59 Å². The molecule has 3 atom stereocenters. The Morgan fingerprint density at radius 1 is 1.04 bits per heavy atom. The Morgan fingerprint density at radius 2 is 1.67 bits per heavy atom. The maximum absolute atomic E-state index is 12.2. The van der Waals surface area contributed by atoms with Gasteiger partial charge in [-0.25, -0.2) is 0 Å². The molecule has 2 amide bonds. The number of aliphatic hydroxyl groups is 3. The summed E-state index contributed by atoms with van der Waals surface area (Å²) in [6, 6.07) is 0. The molecule has 0 unspecified atom stereocenters. The Balaban J connectivity index is 0. The third kappa shape index (κ3) is 10.4. The summed E-state index contributed by atoms with van der Waals surface area (Å²) in [6.45, 7) is 2.86. The first-order chi connectivity index (χ1) is 11.9. The van der Waals surface area contributed by atoms with E-state index in [9.17, 15) is 24.9 Å². The van der Waals surface area contributed by atoms with Crippen LogP contribution in [0.2, 0.25) is 0 Å². The van der Waals surface area contributed by atoms with Crippen LogP contribution < -0.4 is 5.73 Å². The number of hydrogen-bond acceptors (Lipinski definition) is 7. The summed E-state index contributed by atoms with van der Waals surface area (Å²) in [5, 5.41) is 29.9. The molecule has 0 saturated carbocycles. The van der Waals surface area contributed by atoms with Crippen molar-refractivity contribution in [1.82, 2.24) is 9.80 Å². The van der Waals surface area contributed by atoms with Gasteiger partial charge >= 0.3 is 0 Å². The molecule has 27 heavy (non-hydrogen) atoms. The minimum Gasteiger partial charge on any atom is -0.388 e. The fraction of sp³-hybridized carbons (Fsp3) is 0.875. The summed E-state index contributed by atoms with van der Waals surface area (Å²) in [4.78, 5) is 27.0. The SMILES string of the molecule is CC(=O)N1CCN(C(=O)CCN)CCCCOC[C@@H](O)[C@H](O)[C@@H](O)C1.Cl.Cl. The first-order valence-corrected chi connectivity index (χ1v) is 8.72. The summed E-state index contributed by atoms with van der Waals surface area (Å²) in [5.41, 5.74) is 5.45. The lowest BCUT2D eigenvalue weighted by molar-refractivity contribution is -0.137. The van der Waals surface area contributed by atoms with Crippen LogP contribution in [0.15, 0.2) is 0 Å². The molecule has 0 bridgehead atoms. The summed E-state index contributed by atoms with van der Waals surface area (Å²) >= 11 is 0. The van der Waals surface area contributed by atoms with Crippen molar-refractivity contribution in [3.05, 3.63) is 0 Å². The average Bonchev–Trinajstić information content (AvgIpc) is 2.57. The smallest absolute Gasteiger partial charge is 0.223 e. The highest BCUT2D eigenvalue weighted by atomic mass is 35.5. The number of rotatable bonds is 2. The van der Waals surface area contributed by atoms with Gasteiger partial charge in [0.2, 0.25) is 11.8 Å². The molecule has 162 valence electrons. The van der Waals surface area contributed by atoms with Gasteiger partial charge in [0.1, 0.15) is 18.3 Å². The number of carbonyl (C=O) groups excluding carboxylic acids is 2. The van der Waals surface area contributed by atoms with Gasteiger partial charge in [-0.05, 0) is 12.8 Å². The molecule has 9 nitrogen and oxygen atoms in total. The van der Waals surface area contributed by atoms with Gasteiger partial charge in [-0.15, -0.1) is 24.8 Å². The molecular weight excluding hydrogens is 401 g/mol. The molecule has 5 N–H and O–H groups in total. The number of nitrogens with two attached hydrogens (primary N) is 1. The number of halogens is 2. The van der Waals surface area contributed by atoms with Crippen LogP contribution >= 0.6 is 24.8 Å².